The van der Waals surface area contributed by atoms with Crippen molar-refractivity contribution in [2.24, 2.45) is 7.05 Å². The van der Waals surface area contributed by atoms with Crippen molar-refractivity contribution < 1.29 is 9.77 Å². The average molecular weight is 250 g/mol. The number of pyridine rings is 1. The van der Waals surface area contributed by atoms with Crippen LogP contribution in [0.25, 0.3) is 5.70 Å². The first-order valence-corrected chi connectivity index (χ1v) is 6.21. The van der Waals surface area contributed by atoms with E-state index in [2.05, 4.69) is 11.3 Å². The first-order valence-electron chi connectivity index (χ1n) is 5.44. The summed E-state index contributed by atoms with van der Waals surface area (Å²) in [6, 6.07) is 4.01. The largest absolute Gasteiger partial charge is 0.308 e. The highest BCUT2D eigenvalue weighted by Gasteiger charge is 2.23. The molecule has 0 fully saturated rings. The lowest BCUT2D eigenvalue weighted by atomic mass is 10.1. The van der Waals surface area contributed by atoms with Crippen LogP contribution in [0.5, 0.6) is 0 Å². The van der Waals surface area contributed by atoms with Crippen LogP contribution < -0.4 is 9.29 Å². The third-order valence-electron chi connectivity index (χ3n) is 2.57. The van der Waals surface area contributed by atoms with E-state index in [1.54, 1.807) is 0 Å². The van der Waals surface area contributed by atoms with Gasteiger partial charge in [-0.05, 0) is 18.9 Å². The third kappa shape index (κ3) is 2.62. The predicted molar refractivity (Wildman–Crippen MR) is 68.3 cm³/mol. The van der Waals surface area contributed by atoms with Crippen molar-refractivity contribution in [2.45, 2.75) is 12.8 Å². The minimum atomic E-state index is 0.772. The van der Waals surface area contributed by atoms with E-state index in [9.17, 15) is 5.21 Å². The minimum Gasteiger partial charge on any atom is -0.308 e. The highest BCUT2D eigenvalue weighted by molar-refractivity contribution is 7.95. The molecule has 4 nitrogen and oxygen atoms in total. The zero-order valence-corrected chi connectivity index (χ0v) is 10.6. The predicted octanol–water partition coefficient (Wildman–Crippen LogP) is 2.00. The van der Waals surface area contributed by atoms with Gasteiger partial charge in [0.1, 0.15) is 7.05 Å². The van der Waals surface area contributed by atoms with Gasteiger partial charge in [-0.15, -0.1) is 6.58 Å². The van der Waals surface area contributed by atoms with Gasteiger partial charge in [0.05, 0.1) is 29.1 Å². The summed E-state index contributed by atoms with van der Waals surface area (Å²) in [6.45, 7) is 3.70. The Balaban J connectivity index is 2.33. The molecule has 0 atom stereocenters. The highest BCUT2D eigenvalue weighted by atomic mass is 32.2. The summed E-state index contributed by atoms with van der Waals surface area (Å²) in [5.74, 6) is 0. The number of hydrogen-bond donors (Lipinski definition) is 2. The normalized spacial score (nSPS) is 15.1. The topological polar surface area (TPSA) is 39.4 Å². The molecule has 0 saturated carbocycles. The zero-order chi connectivity index (χ0) is 12.3. The molecular weight excluding hydrogens is 234 g/mol. The molecule has 0 unspecified atom stereocenters. The van der Waals surface area contributed by atoms with Crippen LogP contribution in [-0.4, -0.2) is 9.68 Å². The van der Waals surface area contributed by atoms with Gasteiger partial charge in [0.15, 0.2) is 12.4 Å². The fraction of sp³-hybridized carbons (Fsp3) is 0.250. The molecule has 0 bridgehead atoms. The Bertz CT molecular complexity index is 459. The summed E-state index contributed by atoms with van der Waals surface area (Å²) in [5.41, 5.74) is 2.93. The van der Waals surface area contributed by atoms with Crippen LogP contribution in [0.3, 0.4) is 0 Å². The maximum atomic E-state index is 9.75. The fourth-order valence-corrected chi connectivity index (χ4v) is 2.43. The molecule has 2 rings (SSSR count). The second-order valence-corrected chi connectivity index (χ2v) is 4.61. The average Bonchev–Trinajstić information content (AvgIpc) is 2.68. The summed E-state index contributed by atoms with van der Waals surface area (Å²) in [6.07, 6.45) is 7.47. The molecule has 0 spiro atoms. The molecule has 0 radical (unpaired) electrons. The summed E-state index contributed by atoms with van der Waals surface area (Å²) >= 11 is 1.19. The third-order valence-corrected chi connectivity index (χ3v) is 3.26. The van der Waals surface area contributed by atoms with E-state index >= 15 is 0 Å². The van der Waals surface area contributed by atoms with Crippen LogP contribution in [0.4, 0.5) is 0 Å². The minimum absolute atomic E-state index is 0.772. The number of aryl methyl sites for hydroxylation is 1. The lowest BCUT2D eigenvalue weighted by Gasteiger charge is -2.09. The second kappa shape index (κ2) is 5.25. The summed E-state index contributed by atoms with van der Waals surface area (Å²) in [5, 5.41) is 9.75. The van der Waals surface area contributed by atoms with E-state index in [0.29, 0.717) is 0 Å². The SMILES string of the molecule is C=CCCC1=C(c2ccc[n+](C)c2)NSN1O. The summed E-state index contributed by atoms with van der Waals surface area (Å²) < 4.78 is 6.31. The van der Waals surface area contributed by atoms with E-state index in [0.717, 1.165) is 29.8 Å². The van der Waals surface area contributed by atoms with Crippen molar-refractivity contribution in [2.75, 3.05) is 0 Å². The van der Waals surface area contributed by atoms with E-state index in [1.807, 2.05) is 42.2 Å². The maximum Gasteiger partial charge on any atom is 0.177 e. The number of allylic oxidation sites excluding steroid dienone is 2. The van der Waals surface area contributed by atoms with Crippen LogP contribution in [0, 0.1) is 0 Å². The quantitative estimate of drug-likeness (QED) is 0.487. The van der Waals surface area contributed by atoms with Crippen molar-refractivity contribution in [1.82, 2.24) is 9.19 Å². The first-order chi connectivity index (χ1) is 8.22. The molecule has 17 heavy (non-hydrogen) atoms. The maximum absolute atomic E-state index is 9.75. The molecule has 1 aliphatic rings. The Morgan fingerprint density at radius 1 is 1.65 bits per heavy atom. The van der Waals surface area contributed by atoms with Gasteiger partial charge in [-0.2, -0.15) is 4.47 Å². The van der Waals surface area contributed by atoms with Crippen LogP contribution in [-0.2, 0) is 7.05 Å². The number of rotatable bonds is 4. The Kier molecular flexibility index (Phi) is 3.71. The van der Waals surface area contributed by atoms with E-state index in [1.165, 1.54) is 16.6 Å². The molecule has 0 aromatic carbocycles. The number of nitrogens with one attached hydrogen (secondary N) is 1. The molecule has 0 aliphatic carbocycles. The Morgan fingerprint density at radius 2 is 2.47 bits per heavy atom. The molecule has 1 aliphatic heterocycles. The van der Waals surface area contributed by atoms with Gasteiger partial charge in [-0.25, -0.2) is 4.57 Å². The monoisotopic (exact) mass is 250 g/mol. The van der Waals surface area contributed by atoms with Gasteiger partial charge in [-0.3, -0.25) is 5.21 Å². The standard InChI is InChI=1S/C12H16N3OS/c1-3-4-7-11-12(13-17-15(11)16)10-6-5-8-14(2)9-10/h3,5-6,8-9,13,16H,1,4,7H2,2H3/q+1. The van der Waals surface area contributed by atoms with E-state index < -0.39 is 0 Å². The van der Waals surface area contributed by atoms with Crippen molar-refractivity contribution in [3.63, 3.8) is 0 Å². The molecule has 90 valence electrons. The van der Waals surface area contributed by atoms with Crippen LogP contribution in [0.2, 0.25) is 0 Å². The van der Waals surface area contributed by atoms with Crippen LogP contribution in [0.15, 0.2) is 42.9 Å². The van der Waals surface area contributed by atoms with Crippen molar-refractivity contribution in [1.29, 1.82) is 0 Å². The number of hydrogen-bond acceptors (Lipinski definition) is 4. The molecule has 2 heterocycles. The van der Waals surface area contributed by atoms with E-state index in [-0.39, 0.29) is 0 Å². The molecule has 1 aromatic heterocycles. The smallest absolute Gasteiger partial charge is 0.177 e. The molecule has 1 aromatic rings. The van der Waals surface area contributed by atoms with Gasteiger partial charge in [0, 0.05) is 6.07 Å². The Hall–Kier alpha value is -1.46. The van der Waals surface area contributed by atoms with Gasteiger partial charge in [0.25, 0.3) is 0 Å². The fourth-order valence-electron chi connectivity index (χ4n) is 1.72. The molecule has 0 saturated heterocycles. The van der Waals surface area contributed by atoms with Gasteiger partial charge in [-0.1, -0.05) is 6.08 Å². The lowest BCUT2D eigenvalue weighted by molar-refractivity contribution is -0.671. The Morgan fingerprint density at radius 3 is 3.18 bits per heavy atom. The summed E-state index contributed by atoms with van der Waals surface area (Å²) in [7, 11) is 1.98. The summed E-state index contributed by atoms with van der Waals surface area (Å²) in [4.78, 5) is 0. The van der Waals surface area contributed by atoms with Gasteiger partial charge in [0.2, 0.25) is 0 Å². The van der Waals surface area contributed by atoms with Crippen LogP contribution >= 0.6 is 12.1 Å². The number of aromatic nitrogens is 1. The Labute approximate surface area is 105 Å². The molecular formula is C12H16N3OS+. The van der Waals surface area contributed by atoms with Gasteiger partial charge >= 0.3 is 0 Å². The second-order valence-electron chi connectivity index (χ2n) is 3.87. The zero-order valence-electron chi connectivity index (χ0n) is 9.76. The lowest BCUT2D eigenvalue weighted by Crippen LogP contribution is -2.27. The molecule has 5 heteroatoms. The molecule has 0 amide bonds. The first kappa shape index (κ1) is 12.0. The van der Waals surface area contributed by atoms with E-state index in [4.69, 9.17) is 0 Å². The van der Waals surface area contributed by atoms with Gasteiger partial charge < -0.3 is 4.72 Å². The highest BCUT2D eigenvalue weighted by Crippen LogP contribution is 2.32. The van der Waals surface area contributed by atoms with Crippen molar-refractivity contribution >= 4 is 17.8 Å². The number of hydroxylamine groups is 1. The van der Waals surface area contributed by atoms with Crippen molar-refractivity contribution in [3.8, 4) is 0 Å². The number of nitrogens with zero attached hydrogens (tertiary/aromatic N) is 2. The van der Waals surface area contributed by atoms with Crippen LogP contribution in [0.1, 0.15) is 18.4 Å². The molecule has 2 N–H and O–H groups in total. The van der Waals surface area contributed by atoms with Crippen molar-refractivity contribution in [3.05, 3.63) is 48.4 Å².